The summed E-state index contributed by atoms with van der Waals surface area (Å²) in [6, 6.07) is 5.20. The first-order chi connectivity index (χ1) is 11.5. The van der Waals surface area contributed by atoms with E-state index in [0.29, 0.717) is 30.1 Å². The first-order valence-electron chi connectivity index (χ1n) is 7.91. The highest BCUT2D eigenvalue weighted by Gasteiger charge is 2.30. The number of aryl methyl sites for hydroxylation is 1. The molecule has 1 aliphatic rings. The summed E-state index contributed by atoms with van der Waals surface area (Å²) in [5.41, 5.74) is 7.06. The summed E-state index contributed by atoms with van der Waals surface area (Å²) in [5.74, 6) is -0.397. The number of rotatable bonds is 5. The van der Waals surface area contributed by atoms with Crippen LogP contribution in [0.1, 0.15) is 28.8 Å². The van der Waals surface area contributed by atoms with Gasteiger partial charge in [-0.2, -0.15) is 0 Å². The van der Waals surface area contributed by atoms with Crippen LogP contribution in [-0.2, 0) is 16.0 Å². The third-order valence-corrected chi connectivity index (χ3v) is 4.97. The lowest BCUT2D eigenvalue weighted by Gasteiger charge is -2.11. The largest absolute Gasteiger partial charge is 0.364 e. The number of aromatic nitrogens is 1. The van der Waals surface area contributed by atoms with Crippen LogP contribution in [0.5, 0.6) is 0 Å². The number of benzene rings is 1. The second-order valence-electron chi connectivity index (χ2n) is 5.94. The summed E-state index contributed by atoms with van der Waals surface area (Å²) in [6.45, 7) is 2.16. The Hall–Kier alpha value is -1.54. The van der Waals surface area contributed by atoms with Gasteiger partial charge in [-0.3, -0.25) is 10.1 Å². The van der Waals surface area contributed by atoms with Crippen molar-refractivity contribution in [1.29, 1.82) is 0 Å². The molecule has 0 aliphatic carbocycles. The number of nitrogens with one attached hydrogen (secondary N) is 1. The van der Waals surface area contributed by atoms with E-state index in [0.717, 1.165) is 16.9 Å². The molecular weight excluding hydrogens is 365 g/mol. The van der Waals surface area contributed by atoms with E-state index in [2.05, 4.69) is 10.3 Å². The number of carbonyl (C=O) groups is 1. The van der Waals surface area contributed by atoms with Gasteiger partial charge in [0.2, 0.25) is 0 Å². The number of hydrogen-bond donors (Lipinski definition) is 2. The summed E-state index contributed by atoms with van der Waals surface area (Å²) in [6.07, 6.45) is 3.27. The van der Waals surface area contributed by atoms with Crippen LogP contribution in [0.2, 0.25) is 0 Å². The highest BCUT2D eigenvalue weighted by molar-refractivity contribution is 7.15. The van der Waals surface area contributed by atoms with E-state index in [9.17, 15) is 9.18 Å². The average Bonchev–Trinajstić information content (AvgIpc) is 3.20. The number of thiazole rings is 1. The Morgan fingerprint density at radius 2 is 2.28 bits per heavy atom. The number of nitrogens with zero attached hydrogens (tertiary/aromatic N) is 1. The second kappa shape index (κ2) is 8.71. The monoisotopic (exact) mass is 385 g/mol. The van der Waals surface area contributed by atoms with E-state index in [4.69, 9.17) is 10.5 Å². The summed E-state index contributed by atoms with van der Waals surface area (Å²) >= 11 is 1.39. The van der Waals surface area contributed by atoms with Crippen LogP contribution in [0.4, 0.5) is 9.52 Å². The first kappa shape index (κ1) is 19.8. The molecule has 1 amide bonds. The Bertz CT molecular complexity index is 740. The molecule has 3 rings (SSSR count). The second-order valence-corrected chi connectivity index (χ2v) is 7.06. The van der Waals surface area contributed by atoms with Gasteiger partial charge in [0.25, 0.3) is 5.91 Å². The Labute approximate surface area is 156 Å². The molecule has 0 unspecified atom stereocenters. The van der Waals surface area contributed by atoms with Crippen molar-refractivity contribution in [2.75, 3.05) is 11.9 Å². The molecule has 0 saturated carbocycles. The fourth-order valence-corrected chi connectivity index (χ4v) is 3.50. The number of ether oxygens (including phenoxy) is 1. The summed E-state index contributed by atoms with van der Waals surface area (Å²) in [5, 5.41) is 3.31. The zero-order valence-corrected chi connectivity index (χ0v) is 15.5. The Balaban J connectivity index is 0.00000225. The van der Waals surface area contributed by atoms with Gasteiger partial charge >= 0.3 is 0 Å². The minimum atomic E-state index is -0.461. The molecule has 1 aliphatic heterocycles. The molecule has 2 aromatic rings. The van der Waals surface area contributed by atoms with Crippen LogP contribution >= 0.6 is 23.7 Å². The molecule has 8 heteroatoms. The van der Waals surface area contributed by atoms with Crippen molar-refractivity contribution in [3.63, 3.8) is 0 Å². The maximum Gasteiger partial charge on any atom is 0.255 e. The molecule has 1 fully saturated rings. The van der Waals surface area contributed by atoms with Crippen LogP contribution in [0.3, 0.4) is 0 Å². The van der Waals surface area contributed by atoms with Gasteiger partial charge in [-0.05, 0) is 37.0 Å². The molecule has 25 heavy (non-hydrogen) atoms. The molecule has 136 valence electrons. The molecule has 0 bridgehead atoms. The first-order valence-corrected chi connectivity index (χ1v) is 8.73. The molecule has 0 radical (unpaired) electrons. The lowest BCUT2D eigenvalue weighted by Crippen LogP contribution is -2.29. The van der Waals surface area contributed by atoms with Crippen LogP contribution in [0, 0.1) is 12.7 Å². The van der Waals surface area contributed by atoms with Gasteiger partial charge in [-0.1, -0.05) is 12.1 Å². The van der Waals surface area contributed by atoms with Gasteiger partial charge in [0.15, 0.2) is 5.13 Å². The molecule has 2 heterocycles. The number of halogens is 2. The quantitative estimate of drug-likeness (QED) is 0.829. The lowest BCUT2D eigenvalue weighted by molar-refractivity contribution is -0.126. The van der Waals surface area contributed by atoms with Crippen LogP contribution in [-0.4, -0.2) is 29.6 Å². The Morgan fingerprint density at radius 3 is 2.96 bits per heavy atom. The molecule has 5 nitrogen and oxygen atoms in total. The maximum atomic E-state index is 13.6. The maximum absolute atomic E-state index is 13.6. The highest BCUT2D eigenvalue weighted by Crippen LogP contribution is 2.24. The predicted octanol–water partition coefficient (Wildman–Crippen LogP) is 3.05. The SMILES string of the molecule is Cc1ccc(Cc2cnc(NC(=O)[C@@H]3CC[C@H](CN)O3)s2)cc1F.Cl. The van der Waals surface area contributed by atoms with E-state index in [-0.39, 0.29) is 30.2 Å². The molecule has 1 aromatic carbocycles. The standard InChI is InChI=1S/C17H20FN3O2S.ClH/c1-10-2-3-11(7-14(10)18)6-13-9-20-17(24-13)21-16(22)15-5-4-12(8-19)23-15;/h2-3,7,9,12,15H,4-6,8,19H2,1H3,(H,20,21,22);1H/t12-,15+;/m1./s1. The van der Waals surface area contributed by atoms with Gasteiger partial charge in [-0.25, -0.2) is 9.37 Å². The summed E-state index contributed by atoms with van der Waals surface area (Å²) in [7, 11) is 0. The Kier molecular flexibility index (Phi) is 6.89. The molecule has 1 saturated heterocycles. The molecular formula is C17H21ClFN3O2S. The third-order valence-electron chi connectivity index (χ3n) is 4.06. The number of carbonyl (C=O) groups excluding carboxylic acids is 1. The average molecular weight is 386 g/mol. The fourth-order valence-electron chi connectivity index (χ4n) is 2.65. The van der Waals surface area contributed by atoms with E-state index in [1.807, 2.05) is 6.07 Å². The minimum absolute atomic E-state index is 0. The smallest absolute Gasteiger partial charge is 0.255 e. The predicted molar refractivity (Wildman–Crippen MR) is 98.9 cm³/mol. The van der Waals surface area contributed by atoms with Gasteiger partial charge in [0.1, 0.15) is 11.9 Å². The zero-order chi connectivity index (χ0) is 17.1. The third kappa shape index (κ3) is 4.98. The van der Waals surface area contributed by atoms with Gasteiger partial charge < -0.3 is 10.5 Å². The van der Waals surface area contributed by atoms with Crippen LogP contribution < -0.4 is 11.1 Å². The normalized spacial score (nSPS) is 19.5. The van der Waals surface area contributed by atoms with Crippen molar-refractivity contribution in [1.82, 2.24) is 4.98 Å². The van der Waals surface area contributed by atoms with Gasteiger partial charge in [0.05, 0.1) is 6.10 Å². The lowest BCUT2D eigenvalue weighted by atomic mass is 10.1. The number of amides is 1. The number of anilines is 1. The Morgan fingerprint density at radius 1 is 1.48 bits per heavy atom. The molecule has 1 aromatic heterocycles. The van der Waals surface area contributed by atoms with E-state index < -0.39 is 6.10 Å². The molecule has 0 spiro atoms. The number of nitrogens with two attached hydrogens (primary N) is 1. The summed E-state index contributed by atoms with van der Waals surface area (Å²) < 4.78 is 19.2. The van der Waals surface area contributed by atoms with Crippen LogP contribution in [0.15, 0.2) is 24.4 Å². The van der Waals surface area contributed by atoms with Gasteiger partial charge in [0, 0.05) is 24.0 Å². The van der Waals surface area contributed by atoms with E-state index in [1.165, 1.54) is 17.4 Å². The van der Waals surface area contributed by atoms with Crippen molar-refractivity contribution in [2.45, 2.75) is 38.4 Å². The summed E-state index contributed by atoms with van der Waals surface area (Å²) in [4.78, 5) is 17.3. The number of hydrogen-bond acceptors (Lipinski definition) is 5. The van der Waals surface area contributed by atoms with Crippen molar-refractivity contribution in [3.05, 3.63) is 46.2 Å². The van der Waals surface area contributed by atoms with E-state index in [1.54, 1.807) is 19.2 Å². The fraction of sp³-hybridized carbons (Fsp3) is 0.412. The molecule has 3 N–H and O–H groups in total. The van der Waals surface area contributed by atoms with E-state index >= 15 is 0 Å². The van der Waals surface area contributed by atoms with Crippen molar-refractivity contribution < 1.29 is 13.9 Å². The van der Waals surface area contributed by atoms with Crippen molar-refractivity contribution in [2.24, 2.45) is 5.73 Å². The highest BCUT2D eigenvalue weighted by atomic mass is 35.5. The minimum Gasteiger partial charge on any atom is -0.364 e. The van der Waals surface area contributed by atoms with Crippen molar-refractivity contribution >= 4 is 34.8 Å². The topological polar surface area (TPSA) is 77.2 Å². The van der Waals surface area contributed by atoms with Crippen LogP contribution in [0.25, 0.3) is 0 Å². The van der Waals surface area contributed by atoms with Crippen molar-refractivity contribution in [3.8, 4) is 0 Å². The zero-order valence-electron chi connectivity index (χ0n) is 13.8. The van der Waals surface area contributed by atoms with Gasteiger partial charge in [-0.15, -0.1) is 23.7 Å². The molecule has 2 atom stereocenters.